The second-order valence-corrected chi connectivity index (χ2v) is 5.07. The molecule has 0 aliphatic carbocycles. The molecule has 5 nitrogen and oxygen atoms in total. The molecule has 1 rings (SSSR count). The van der Waals surface area contributed by atoms with Gasteiger partial charge in [0.2, 0.25) is 11.8 Å². The average molecular weight is 255 g/mol. The number of rotatable bonds is 6. The summed E-state index contributed by atoms with van der Waals surface area (Å²) in [7, 11) is 0. The second kappa shape index (κ2) is 7.36. The van der Waals surface area contributed by atoms with Gasteiger partial charge in [0, 0.05) is 19.1 Å². The zero-order chi connectivity index (χ0) is 13.5. The Kier molecular flexibility index (Phi) is 6.12. The standard InChI is InChI=1S/C13H25N3O2/c1-4-5-6-7-16(10(2)3)13(18)11-8-15-12(17)9-14-11/h10-11,14H,4-9H2,1-3H3,(H,15,17). The van der Waals surface area contributed by atoms with Crippen molar-refractivity contribution in [3.8, 4) is 0 Å². The van der Waals surface area contributed by atoms with E-state index in [9.17, 15) is 9.59 Å². The van der Waals surface area contributed by atoms with E-state index in [0.29, 0.717) is 6.54 Å². The predicted molar refractivity (Wildman–Crippen MR) is 71.2 cm³/mol. The summed E-state index contributed by atoms with van der Waals surface area (Å²) in [6.45, 7) is 7.65. The lowest BCUT2D eigenvalue weighted by Gasteiger charge is -2.32. The molecule has 1 aliphatic heterocycles. The Morgan fingerprint density at radius 3 is 2.67 bits per heavy atom. The van der Waals surface area contributed by atoms with Crippen molar-refractivity contribution >= 4 is 11.8 Å². The normalized spacial score (nSPS) is 19.8. The van der Waals surface area contributed by atoms with Crippen LogP contribution in [-0.4, -0.2) is 48.4 Å². The molecule has 0 bridgehead atoms. The molecule has 1 heterocycles. The van der Waals surface area contributed by atoms with Crippen molar-refractivity contribution < 1.29 is 9.59 Å². The summed E-state index contributed by atoms with van der Waals surface area (Å²) >= 11 is 0. The Hall–Kier alpha value is -1.10. The van der Waals surface area contributed by atoms with Crippen LogP contribution in [0.5, 0.6) is 0 Å². The van der Waals surface area contributed by atoms with Gasteiger partial charge in [-0.1, -0.05) is 19.8 Å². The van der Waals surface area contributed by atoms with Gasteiger partial charge in [-0.15, -0.1) is 0 Å². The minimum atomic E-state index is -0.272. The summed E-state index contributed by atoms with van der Waals surface area (Å²) in [6, 6.07) is -0.0690. The maximum atomic E-state index is 12.4. The molecule has 2 amide bonds. The predicted octanol–water partition coefficient (Wildman–Crippen LogP) is 0.502. The number of carbonyl (C=O) groups excluding carboxylic acids is 2. The lowest BCUT2D eigenvalue weighted by Crippen LogP contribution is -2.59. The van der Waals surface area contributed by atoms with Gasteiger partial charge in [0.05, 0.1) is 6.54 Å². The van der Waals surface area contributed by atoms with E-state index in [1.165, 1.54) is 0 Å². The fraction of sp³-hybridized carbons (Fsp3) is 0.846. The van der Waals surface area contributed by atoms with Crippen molar-refractivity contribution in [3.05, 3.63) is 0 Å². The molecule has 0 radical (unpaired) electrons. The third-order valence-electron chi connectivity index (χ3n) is 3.22. The van der Waals surface area contributed by atoms with Crippen molar-refractivity contribution in [3.63, 3.8) is 0 Å². The third kappa shape index (κ3) is 4.29. The second-order valence-electron chi connectivity index (χ2n) is 5.07. The van der Waals surface area contributed by atoms with Gasteiger partial charge < -0.3 is 10.2 Å². The molecule has 1 saturated heterocycles. The van der Waals surface area contributed by atoms with Crippen LogP contribution in [0, 0.1) is 0 Å². The molecule has 0 saturated carbocycles. The quantitative estimate of drug-likeness (QED) is 0.680. The van der Waals surface area contributed by atoms with E-state index in [2.05, 4.69) is 17.6 Å². The van der Waals surface area contributed by atoms with Gasteiger partial charge >= 0.3 is 0 Å². The number of amides is 2. The highest BCUT2D eigenvalue weighted by molar-refractivity contribution is 5.86. The molecule has 1 aliphatic rings. The molecular formula is C13H25N3O2. The van der Waals surface area contributed by atoms with Gasteiger partial charge in [0.25, 0.3) is 0 Å². The highest BCUT2D eigenvalue weighted by atomic mass is 16.2. The number of hydrogen-bond acceptors (Lipinski definition) is 3. The summed E-state index contributed by atoms with van der Waals surface area (Å²) in [5.74, 6) is 0.0576. The van der Waals surface area contributed by atoms with Crippen LogP contribution in [0.4, 0.5) is 0 Å². The van der Waals surface area contributed by atoms with E-state index < -0.39 is 0 Å². The van der Waals surface area contributed by atoms with E-state index in [1.807, 2.05) is 18.7 Å². The van der Waals surface area contributed by atoms with Gasteiger partial charge in [0.1, 0.15) is 6.04 Å². The number of nitrogens with one attached hydrogen (secondary N) is 2. The molecule has 1 atom stereocenters. The number of hydrogen-bond donors (Lipinski definition) is 2. The molecular weight excluding hydrogens is 230 g/mol. The van der Waals surface area contributed by atoms with E-state index >= 15 is 0 Å². The topological polar surface area (TPSA) is 61.4 Å². The summed E-state index contributed by atoms with van der Waals surface area (Å²) in [5, 5.41) is 5.72. The van der Waals surface area contributed by atoms with Crippen LogP contribution in [0.2, 0.25) is 0 Å². The SMILES string of the molecule is CCCCCN(C(=O)C1CNC(=O)CN1)C(C)C. The highest BCUT2D eigenvalue weighted by Crippen LogP contribution is 2.07. The molecule has 1 fully saturated rings. The number of carbonyl (C=O) groups is 2. The Morgan fingerprint density at radius 1 is 1.44 bits per heavy atom. The first-order chi connectivity index (χ1) is 8.56. The minimum absolute atomic E-state index is 0.0406. The molecule has 2 N–H and O–H groups in total. The lowest BCUT2D eigenvalue weighted by atomic mass is 10.1. The lowest BCUT2D eigenvalue weighted by molar-refractivity contribution is -0.136. The summed E-state index contributed by atoms with van der Waals surface area (Å²) in [5.41, 5.74) is 0. The van der Waals surface area contributed by atoms with Gasteiger partial charge in [-0.25, -0.2) is 0 Å². The maximum Gasteiger partial charge on any atom is 0.241 e. The third-order valence-corrected chi connectivity index (χ3v) is 3.22. The van der Waals surface area contributed by atoms with Crippen molar-refractivity contribution in [2.45, 2.75) is 52.1 Å². The zero-order valence-electron chi connectivity index (χ0n) is 11.7. The highest BCUT2D eigenvalue weighted by Gasteiger charge is 2.28. The summed E-state index contributed by atoms with van der Waals surface area (Å²) in [4.78, 5) is 25.3. The fourth-order valence-electron chi connectivity index (χ4n) is 2.10. The summed E-state index contributed by atoms with van der Waals surface area (Å²) in [6.07, 6.45) is 3.34. The van der Waals surface area contributed by atoms with Crippen molar-refractivity contribution in [2.75, 3.05) is 19.6 Å². The van der Waals surface area contributed by atoms with Crippen LogP contribution in [0.3, 0.4) is 0 Å². The number of unbranched alkanes of at least 4 members (excludes halogenated alkanes) is 2. The van der Waals surface area contributed by atoms with Crippen LogP contribution in [0.1, 0.15) is 40.0 Å². The van der Waals surface area contributed by atoms with Crippen molar-refractivity contribution in [1.29, 1.82) is 0 Å². The first kappa shape index (κ1) is 15.0. The molecule has 0 aromatic rings. The van der Waals surface area contributed by atoms with E-state index in [-0.39, 0.29) is 30.4 Å². The van der Waals surface area contributed by atoms with Crippen LogP contribution < -0.4 is 10.6 Å². The smallest absolute Gasteiger partial charge is 0.241 e. The molecule has 18 heavy (non-hydrogen) atoms. The van der Waals surface area contributed by atoms with Gasteiger partial charge in [0.15, 0.2) is 0 Å². The molecule has 0 spiro atoms. The van der Waals surface area contributed by atoms with Crippen molar-refractivity contribution in [1.82, 2.24) is 15.5 Å². The van der Waals surface area contributed by atoms with Crippen LogP contribution in [-0.2, 0) is 9.59 Å². The Balaban J connectivity index is 2.50. The number of nitrogens with zero attached hydrogens (tertiary/aromatic N) is 1. The Labute approximate surface area is 109 Å². The summed E-state index contributed by atoms with van der Waals surface area (Å²) < 4.78 is 0. The van der Waals surface area contributed by atoms with Gasteiger partial charge in [-0.2, -0.15) is 0 Å². The first-order valence-electron chi connectivity index (χ1n) is 6.86. The van der Waals surface area contributed by atoms with Gasteiger partial charge in [-0.3, -0.25) is 14.9 Å². The molecule has 1 unspecified atom stereocenters. The van der Waals surface area contributed by atoms with Crippen LogP contribution in [0.25, 0.3) is 0 Å². The molecule has 0 aromatic carbocycles. The minimum Gasteiger partial charge on any atom is -0.353 e. The zero-order valence-corrected chi connectivity index (χ0v) is 11.7. The Morgan fingerprint density at radius 2 is 2.17 bits per heavy atom. The van der Waals surface area contributed by atoms with Crippen molar-refractivity contribution in [2.24, 2.45) is 0 Å². The molecule has 0 aromatic heterocycles. The maximum absolute atomic E-state index is 12.4. The average Bonchev–Trinajstić information content (AvgIpc) is 2.34. The largest absolute Gasteiger partial charge is 0.353 e. The number of piperazine rings is 1. The van der Waals surface area contributed by atoms with E-state index in [0.717, 1.165) is 25.8 Å². The first-order valence-corrected chi connectivity index (χ1v) is 6.86. The van der Waals surface area contributed by atoms with Crippen LogP contribution in [0.15, 0.2) is 0 Å². The van der Waals surface area contributed by atoms with Crippen LogP contribution >= 0.6 is 0 Å². The fourth-order valence-corrected chi connectivity index (χ4v) is 2.10. The Bertz CT molecular complexity index is 282. The van der Waals surface area contributed by atoms with E-state index in [4.69, 9.17) is 0 Å². The monoisotopic (exact) mass is 255 g/mol. The van der Waals surface area contributed by atoms with Gasteiger partial charge in [-0.05, 0) is 20.3 Å². The molecule has 5 heteroatoms. The molecule has 104 valence electrons. The van der Waals surface area contributed by atoms with E-state index in [1.54, 1.807) is 0 Å².